The third-order valence-electron chi connectivity index (χ3n) is 4.22. The third kappa shape index (κ3) is 3.57. The average molecular weight is 370 g/mol. The molecule has 4 heterocycles. The van der Waals surface area contributed by atoms with Gasteiger partial charge < -0.3 is 14.7 Å². The van der Waals surface area contributed by atoms with E-state index in [0.29, 0.717) is 36.1 Å². The zero-order chi connectivity index (χ0) is 17.8. The topological polar surface area (TPSA) is 97.0 Å². The predicted molar refractivity (Wildman–Crippen MR) is 97.6 cm³/mol. The Bertz CT molecular complexity index is 879. The molecule has 1 aliphatic rings. The van der Waals surface area contributed by atoms with Crippen LogP contribution in [0.2, 0.25) is 0 Å². The molecule has 134 valence electrons. The Morgan fingerprint density at radius 3 is 3.15 bits per heavy atom. The van der Waals surface area contributed by atoms with Crippen molar-refractivity contribution in [3.8, 4) is 22.8 Å². The largest absolute Gasteiger partial charge is 0.369 e. The van der Waals surface area contributed by atoms with Gasteiger partial charge in [0.05, 0.1) is 0 Å². The van der Waals surface area contributed by atoms with Gasteiger partial charge in [0.15, 0.2) is 0 Å². The van der Waals surface area contributed by atoms with Crippen molar-refractivity contribution in [1.29, 1.82) is 0 Å². The normalized spacial score (nSPS) is 14.2. The van der Waals surface area contributed by atoms with E-state index in [2.05, 4.69) is 25.4 Å². The summed E-state index contributed by atoms with van der Waals surface area (Å²) >= 11 is 1.58. The van der Waals surface area contributed by atoms with Gasteiger partial charge in [-0.05, 0) is 24.3 Å². The third-order valence-corrected chi connectivity index (χ3v) is 4.90. The Morgan fingerprint density at radius 2 is 2.35 bits per heavy atom. The van der Waals surface area contributed by atoms with E-state index >= 15 is 0 Å². The van der Waals surface area contributed by atoms with Gasteiger partial charge >= 0.3 is 0 Å². The van der Waals surface area contributed by atoms with Gasteiger partial charge in [0.1, 0.15) is 17.7 Å². The van der Waals surface area contributed by atoms with Gasteiger partial charge in [0, 0.05) is 43.2 Å². The van der Waals surface area contributed by atoms with Crippen molar-refractivity contribution in [2.24, 2.45) is 0 Å². The molecule has 9 heteroatoms. The maximum Gasteiger partial charge on any atom is 0.263 e. The van der Waals surface area contributed by atoms with Crippen molar-refractivity contribution >= 4 is 23.1 Å². The first kappa shape index (κ1) is 16.6. The zero-order valence-electron chi connectivity index (χ0n) is 14.1. The average Bonchev–Trinajstić information content (AvgIpc) is 3.41. The molecule has 0 aromatic carbocycles. The van der Waals surface area contributed by atoms with Crippen LogP contribution in [0.15, 0.2) is 33.9 Å². The molecule has 1 saturated heterocycles. The van der Waals surface area contributed by atoms with E-state index in [1.165, 1.54) is 6.33 Å². The number of nitrogens with zero attached hydrogens (tertiary/aromatic N) is 5. The van der Waals surface area contributed by atoms with Crippen molar-refractivity contribution in [3.05, 3.63) is 29.4 Å². The SMILES string of the molecule is O=C1CCCN1CCCNc1ncncc1-c1nc(-c2ccsc2)no1. The van der Waals surface area contributed by atoms with Crippen LogP contribution in [-0.2, 0) is 4.79 Å². The number of amides is 1. The molecular formula is C17H18N6O2S. The molecule has 0 radical (unpaired) electrons. The molecule has 0 unspecified atom stereocenters. The summed E-state index contributed by atoms with van der Waals surface area (Å²) in [4.78, 5) is 26.3. The van der Waals surface area contributed by atoms with Crippen LogP contribution in [-0.4, -0.2) is 50.5 Å². The van der Waals surface area contributed by atoms with Crippen LogP contribution in [0.4, 0.5) is 5.82 Å². The van der Waals surface area contributed by atoms with Gasteiger partial charge in [-0.15, -0.1) is 0 Å². The highest BCUT2D eigenvalue weighted by Gasteiger charge is 2.19. The Kier molecular flexibility index (Phi) is 4.87. The van der Waals surface area contributed by atoms with Gasteiger partial charge in [-0.3, -0.25) is 4.79 Å². The highest BCUT2D eigenvalue weighted by Crippen LogP contribution is 2.27. The summed E-state index contributed by atoms with van der Waals surface area (Å²) in [7, 11) is 0. The number of anilines is 1. The number of thiophene rings is 1. The van der Waals surface area contributed by atoms with Gasteiger partial charge in [-0.1, -0.05) is 5.16 Å². The molecule has 0 atom stereocenters. The molecule has 0 bridgehead atoms. The van der Waals surface area contributed by atoms with E-state index < -0.39 is 0 Å². The predicted octanol–water partition coefficient (Wildman–Crippen LogP) is 2.68. The summed E-state index contributed by atoms with van der Waals surface area (Å²) in [6.07, 6.45) is 5.62. The van der Waals surface area contributed by atoms with Crippen LogP contribution in [0.5, 0.6) is 0 Å². The number of nitrogens with one attached hydrogen (secondary N) is 1. The van der Waals surface area contributed by atoms with Crippen LogP contribution < -0.4 is 5.32 Å². The summed E-state index contributed by atoms with van der Waals surface area (Å²) < 4.78 is 5.39. The Morgan fingerprint density at radius 1 is 1.38 bits per heavy atom. The first-order valence-corrected chi connectivity index (χ1v) is 9.44. The lowest BCUT2D eigenvalue weighted by Crippen LogP contribution is -2.27. The van der Waals surface area contributed by atoms with E-state index in [1.54, 1.807) is 17.5 Å². The zero-order valence-corrected chi connectivity index (χ0v) is 14.9. The van der Waals surface area contributed by atoms with E-state index in [4.69, 9.17) is 4.52 Å². The van der Waals surface area contributed by atoms with Gasteiger partial charge in [0.25, 0.3) is 5.89 Å². The van der Waals surface area contributed by atoms with Gasteiger partial charge in [-0.25, -0.2) is 9.97 Å². The minimum absolute atomic E-state index is 0.250. The van der Waals surface area contributed by atoms with E-state index in [9.17, 15) is 4.79 Å². The fourth-order valence-electron chi connectivity index (χ4n) is 2.89. The summed E-state index contributed by atoms with van der Waals surface area (Å²) in [5, 5.41) is 11.2. The number of hydrogen-bond donors (Lipinski definition) is 1. The maximum atomic E-state index is 11.6. The number of hydrogen-bond acceptors (Lipinski definition) is 8. The molecule has 8 nitrogen and oxygen atoms in total. The van der Waals surface area contributed by atoms with Crippen molar-refractivity contribution in [2.45, 2.75) is 19.3 Å². The first-order valence-electron chi connectivity index (χ1n) is 8.49. The molecule has 1 aliphatic heterocycles. The molecule has 3 aromatic rings. The van der Waals surface area contributed by atoms with Crippen LogP contribution in [0.1, 0.15) is 19.3 Å². The van der Waals surface area contributed by atoms with Crippen molar-refractivity contribution < 1.29 is 9.32 Å². The van der Waals surface area contributed by atoms with Crippen molar-refractivity contribution in [3.63, 3.8) is 0 Å². The lowest BCUT2D eigenvalue weighted by atomic mass is 10.3. The highest BCUT2D eigenvalue weighted by atomic mass is 32.1. The molecule has 1 N–H and O–H groups in total. The smallest absolute Gasteiger partial charge is 0.263 e. The minimum atomic E-state index is 0.250. The highest BCUT2D eigenvalue weighted by molar-refractivity contribution is 7.08. The summed E-state index contributed by atoms with van der Waals surface area (Å²) in [6.45, 7) is 2.32. The van der Waals surface area contributed by atoms with E-state index in [0.717, 1.165) is 31.5 Å². The monoisotopic (exact) mass is 370 g/mol. The van der Waals surface area contributed by atoms with Crippen LogP contribution >= 0.6 is 11.3 Å². The summed E-state index contributed by atoms with van der Waals surface area (Å²) in [6, 6.07) is 1.94. The second-order valence-electron chi connectivity index (χ2n) is 5.98. The Labute approximate surface area is 154 Å². The summed E-state index contributed by atoms with van der Waals surface area (Å²) in [5.74, 6) is 1.82. The standard InChI is InChI=1S/C17H18N6O2S/c24-14-3-1-6-23(14)7-2-5-19-16-13(9-18-11-20-16)17-21-15(22-25-17)12-4-8-26-10-12/h4,8-11H,1-3,5-7H2,(H,18,19,20). The lowest BCUT2D eigenvalue weighted by molar-refractivity contribution is -0.127. The van der Waals surface area contributed by atoms with E-state index in [1.807, 2.05) is 21.7 Å². The Hall–Kier alpha value is -2.81. The van der Waals surface area contributed by atoms with Crippen LogP contribution in [0, 0.1) is 0 Å². The summed E-state index contributed by atoms with van der Waals surface area (Å²) in [5.41, 5.74) is 1.59. The second kappa shape index (κ2) is 7.61. The number of aromatic nitrogens is 4. The quantitative estimate of drug-likeness (QED) is 0.639. The molecule has 1 amide bonds. The number of carbonyl (C=O) groups is 1. The molecule has 0 spiro atoms. The number of likely N-dealkylation sites (tertiary alicyclic amines) is 1. The molecule has 0 aliphatic carbocycles. The lowest BCUT2D eigenvalue weighted by Gasteiger charge is -2.15. The Balaban J connectivity index is 1.41. The van der Waals surface area contributed by atoms with Gasteiger partial charge in [0.2, 0.25) is 11.7 Å². The van der Waals surface area contributed by atoms with E-state index in [-0.39, 0.29) is 5.91 Å². The first-order chi connectivity index (χ1) is 12.8. The fraction of sp³-hybridized carbons (Fsp3) is 0.353. The number of rotatable bonds is 7. The van der Waals surface area contributed by atoms with Crippen LogP contribution in [0.3, 0.4) is 0 Å². The maximum absolute atomic E-state index is 11.6. The number of carbonyl (C=O) groups excluding carboxylic acids is 1. The second-order valence-corrected chi connectivity index (χ2v) is 6.76. The fourth-order valence-corrected chi connectivity index (χ4v) is 3.52. The molecule has 26 heavy (non-hydrogen) atoms. The molecule has 0 saturated carbocycles. The molecular weight excluding hydrogens is 352 g/mol. The molecule has 1 fully saturated rings. The van der Waals surface area contributed by atoms with Gasteiger partial charge in [-0.2, -0.15) is 16.3 Å². The van der Waals surface area contributed by atoms with Crippen LogP contribution in [0.25, 0.3) is 22.8 Å². The molecule has 4 rings (SSSR count). The molecule has 3 aromatic heterocycles. The van der Waals surface area contributed by atoms with Crippen molar-refractivity contribution in [2.75, 3.05) is 25.0 Å². The van der Waals surface area contributed by atoms with Crippen molar-refractivity contribution in [1.82, 2.24) is 25.0 Å². The minimum Gasteiger partial charge on any atom is -0.369 e.